The minimum absolute atomic E-state index is 0.308. The van der Waals surface area contributed by atoms with Crippen LogP contribution in [-0.2, 0) is 17.6 Å². The van der Waals surface area contributed by atoms with E-state index in [0.717, 1.165) is 31.6 Å². The van der Waals surface area contributed by atoms with Gasteiger partial charge >= 0.3 is 0 Å². The van der Waals surface area contributed by atoms with E-state index in [1.165, 1.54) is 11.1 Å². The number of carbonyl (C=O) groups is 1. The molecule has 1 heterocycles. The Morgan fingerprint density at radius 3 is 3.06 bits per heavy atom. The molecule has 0 spiro atoms. The molecule has 17 heavy (non-hydrogen) atoms. The minimum atomic E-state index is 0.308. The van der Waals surface area contributed by atoms with Gasteiger partial charge in [0.05, 0.1) is 6.61 Å². The molecule has 0 aromatic heterocycles. The number of rotatable bonds is 6. The molecular weight excluding hydrogens is 236 g/mol. The van der Waals surface area contributed by atoms with Gasteiger partial charge in [-0.15, -0.1) is 11.6 Å². The largest absolute Gasteiger partial charge is 0.493 e. The van der Waals surface area contributed by atoms with Gasteiger partial charge in [0, 0.05) is 25.1 Å². The highest BCUT2D eigenvalue weighted by Gasteiger charge is 2.12. The maximum absolute atomic E-state index is 11.5. The number of aryl methyl sites for hydroxylation is 1. The zero-order valence-corrected chi connectivity index (χ0v) is 10.6. The number of fused-ring (bicyclic) bond motifs is 1. The summed E-state index contributed by atoms with van der Waals surface area (Å²) in [5, 5.41) is 0. The summed E-state index contributed by atoms with van der Waals surface area (Å²) in [6, 6.07) is 6.23. The molecule has 0 N–H and O–H groups in total. The zero-order valence-electron chi connectivity index (χ0n) is 9.88. The summed E-state index contributed by atoms with van der Waals surface area (Å²) in [6.45, 7) is 0.785. The van der Waals surface area contributed by atoms with Crippen LogP contribution < -0.4 is 4.74 Å². The number of benzene rings is 1. The Morgan fingerprint density at radius 1 is 1.35 bits per heavy atom. The van der Waals surface area contributed by atoms with Crippen molar-refractivity contribution in [2.45, 2.75) is 32.1 Å². The average Bonchev–Trinajstić information content (AvgIpc) is 2.81. The molecule has 0 atom stereocenters. The SMILES string of the molecule is O=C(CCCCl)CCc1ccc2c(c1)CCO2. The van der Waals surface area contributed by atoms with Gasteiger partial charge in [0.25, 0.3) is 0 Å². The molecule has 2 rings (SSSR count). The van der Waals surface area contributed by atoms with Crippen molar-refractivity contribution in [2.75, 3.05) is 12.5 Å². The molecule has 0 saturated carbocycles. The normalized spacial score (nSPS) is 13.2. The molecule has 2 nitrogen and oxygen atoms in total. The van der Waals surface area contributed by atoms with E-state index >= 15 is 0 Å². The smallest absolute Gasteiger partial charge is 0.133 e. The number of Topliss-reactive ketones (excluding diaryl/α,β-unsaturated/α-hetero) is 1. The molecule has 0 aliphatic carbocycles. The van der Waals surface area contributed by atoms with Crippen molar-refractivity contribution in [1.29, 1.82) is 0 Å². The Morgan fingerprint density at radius 2 is 2.24 bits per heavy atom. The summed E-state index contributed by atoms with van der Waals surface area (Å²) in [4.78, 5) is 11.5. The van der Waals surface area contributed by atoms with Crippen molar-refractivity contribution in [3.05, 3.63) is 29.3 Å². The Bertz CT molecular complexity index is 401. The number of ketones is 1. The summed E-state index contributed by atoms with van der Waals surface area (Å²) < 4.78 is 5.45. The number of hydrogen-bond donors (Lipinski definition) is 0. The van der Waals surface area contributed by atoms with Crippen molar-refractivity contribution in [2.24, 2.45) is 0 Å². The van der Waals surface area contributed by atoms with Crippen LogP contribution >= 0.6 is 11.6 Å². The molecule has 0 bridgehead atoms. The minimum Gasteiger partial charge on any atom is -0.493 e. The Balaban J connectivity index is 1.85. The fourth-order valence-electron chi connectivity index (χ4n) is 2.07. The van der Waals surface area contributed by atoms with Gasteiger partial charge in [0.15, 0.2) is 0 Å². The molecule has 0 radical (unpaired) electrons. The first-order valence-electron chi connectivity index (χ1n) is 6.12. The standard InChI is InChI=1S/C14H17ClO2/c15-8-1-2-13(16)5-3-11-4-6-14-12(10-11)7-9-17-14/h4,6,10H,1-3,5,7-9H2. The number of carbonyl (C=O) groups excluding carboxylic acids is 1. The first-order chi connectivity index (χ1) is 8.29. The lowest BCUT2D eigenvalue weighted by Gasteiger charge is -2.04. The van der Waals surface area contributed by atoms with E-state index in [2.05, 4.69) is 12.1 Å². The van der Waals surface area contributed by atoms with Crippen molar-refractivity contribution in [1.82, 2.24) is 0 Å². The van der Waals surface area contributed by atoms with Gasteiger partial charge < -0.3 is 4.74 Å². The highest BCUT2D eigenvalue weighted by molar-refractivity contribution is 6.17. The predicted octanol–water partition coefficient (Wildman–Crippen LogP) is 3.14. The van der Waals surface area contributed by atoms with E-state index in [1.807, 2.05) is 6.07 Å². The van der Waals surface area contributed by atoms with Crippen LogP contribution in [0.5, 0.6) is 5.75 Å². The highest BCUT2D eigenvalue weighted by atomic mass is 35.5. The quantitative estimate of drug-likeness (QED) is 0.727. The van der Waals surface area contributed by atoms with Gasteiger partial charge in [-0.05, 0) is 30.0 Å². The number of hydrogen-bond acceptors (Lipinski definition) is 2. The molecule has 0 unspecified atom stereocenters. The summed E-state index contributed by atoms with van der Waals surface area (Å²) in [6.07, 6.45) is 3.84. The number of alkyl halides is 1. The third-order valence-electron chi connectivity index (χ3n) is 3.04. The molecule has 0 saturated heterocycles. The predicted molar refractivity (Wildman–Crippen MR) is 68.9 cm³/mol. The fourth-order valence-corrected chi connectivity index (χ4v) is 2.20. The van der Waals surface area contributed by atoms with Gasteiger partial charge in [-0.2, -0.15) is 0 Å². The first-order valence-corrected chi connectivity index (χ1v) is 6.65. The lowest BCUT2D eigenvalue weighted by Crippen LogP contribution is -2.00. The van der Waals surface area contributed by atoms with E-state index in [9.17, 15) is 4.79 Å². The van der Waals surface area contributed by atoms with Gasteiger partial charge in [-0.25, -0.2) is 0 Å². The third-order valence-corrected chi connectivity index (χ3v) is 3.30. The molecule has 1 aromatic carbocycles. The summed E-state index contributed by atoms with van der Waals surface area (Å²) >= 11 is 5.56. The van der Waals surface area contributed by atoms with E-state index in [0.29, 0.717) is 24.5 Å². The van der Waals surface area contributed by atoms with Gasteiger partial charge in [-0.3, -0.25) is 4.79 Å². The molecular formula is C14H17ClO2. The molecule has 0 amide bonds. The van der Waals surface area contributed by atoms with Crippen LogP contribution in [0.1, 0.15) is 30.4 Å². The Labute approximate surface area is 107 Å². The van der Waals surface area contributed by atoms with Crippen LogP contribution in [0.25, 0.3) is 0 Å². The van der Waals surface area contributed by atoms with Crippen molar-refractivity contribution in [3.63, 3.8) is 0 Å². The van der Waals surface area contributed by atoms with Crippen molar-refractivity contribution in [3.8, 4) is 5.75 Å². The number of ether oxygens (including phenoxy) is 1. The second-order valence-electron chi connectivity index (χ2n) is 4.37. The van der Waals surface area contributed by atoms with Crippen LogP contribution in [0.3, 0.4) is 0 Å². The zero-order chi connectivity index (χ0) is 12.1. The molecule has 0 fully saturated rings. The van der Waals surface area contributed by atoms with E-state index in [-0.39, 0.29) is 0 Å². The van der Waals surface area contributed by atoms with Gasteiger partial charge in [0.2, 0.25) is 0 Å². The summed E-state index contributed by atoms with van der Waals surface area (Å²) in [7, 11) is 0. The van der Waals surface area contributed by atoms with Crippen LogP contribution in [0, 0.1) is 0 Å². The molecule has 1 aromatic rings. The van der Waals surface area contributed by atoms with Crippen LogP contribution in [0.4, 0.5) is 0 Å². The van der Waals surface area contributed by atoms with E-state index in [4.69, 9.17) is 16.3 Å². The topological polar surface area (TPSA) is 26.3 Å². The molecule has 1 aliphatic rings. The maximum Gasteiger partial charge on any atom is 0.133 e. The lowest BCUT2D eigenvalue weighted by molar-refractivity contribution is -0.119. The van der Waals surface area contributed by atoms with Crippen LogP contribution in [0.15, 0.2) is 18.2 Å². The monoisotopic (exact) mass is 252 g/mol. The fraction of sp³-hybridized carbons (Fsp3) is 0.500. The second kappa shape index (κ2) is 6.06. The molecule has 92 valence electrons. The summed E-state index contributed by atoms with van der Waals surface area (Å²) in [5.41, 5.74) is 2.50. The average molecular weight is 253 g/mol. The van der Waals surface area contributed by atoms with Crippen LogP contribution in [0.2, 0.25) is 0 Å². The van der Waals surface area contributed by atoms with Crippen molar-refractivity contribution >= 4 is 17.4 Å². The third kappa shape index (κ3) is 3.47. The van der Waals surface area contributed by atoms with Gasteiger partial charge in [0.1, 0.15) is 11.5 Å². The van der Waals surface area contributed by atoms with E-state index < -0.39 is 0 Å². The maximum atomic E-state index is 11.5. The first kappa shape index (κ1) is 12.4. The van der Waals surface area contributed by atoms with Gasteiger partial charge in [-0.1, -0.05) is 12.1 Å². The van der Waals surface area contributed by atoms with Crippen LogP contribution in [-0.4, -0.2) is 18.3 Å². The molecule has 1 aliphatic heterocycles. The second-order valence-corrected chi connectivity index (χ2v) is 4.75. The number of halogens is 1. The Hall–Kier alpha value is -1.02. The Kier molecular flexibility index (Phi) is 4.43. The lowest BCUT2D eigenvalue weighted by atomic mass is 10.0. The van der Waals surface area contributed by atoms with Crippen molar-refractivity contribution < 1.29 is 9.53 Å². The molecule has 3 heteroatoms. The van der Waals surface area contributed by atoms with E-state index in [1.54, 1.807) is 0 Å². The summed E-state index contributed by atoms with van der Waals surface area (Å²) in [5.74, 6) is 1.88. The highest BCUT2D eigenvalue weighted by Crippen LogP contribution is 2.26.